The van der Waals surface area contributed by atoms with Gasteiger partial charge in [-0.25, -0.2) is 0 Å². The van der Waals surface area contributed by atoms with Gasteiger partial charge in [0.05, 0.1) is 11.4 Å². The van der Waals surface area contributed by atoms with Gasteiger partial charge in [0.15, 0.2) is 12.4 Å². The van der Waals surface area contributed by atoms with E-state index in [1.54, 1.807) is 42.5 Å². The second-order valence-corrected chi connectivity index (χ2v) is 6.51. The maximum Gasteiger partial charge on any atom is 0.262 e. The molecule has 3 aromatic rings. The number of amides is 2. The van der Waals surface area contributed by atoms with Gasteiger partial charge < -0.3 is 20.1 Å². The van der Waals surface area contributed by atoms with Crippen LogP contribution in [-0.2, 0) is 9.59 Å². The summed E-state index contributed by atoms with van der Waals surface area (Å²) in [6.07, 6.45) is 0. The maximum atomic E-state index is 12.4. The second-order valence-electron chi connectivity index (χ2n) is 6.07. The first-order valence-electron chi connectivity index (χ1n) is 8.83. The van der Waals surface area contributed by atoms with Gasteiger partial charge in [0, 0.05) is 11.9 Å². The third kappa shape index (κ3) is 5.99. The second kappa shape index (κ2) is 9.61. The normalized spacial score (nSPS) is 10.1. The summed E-state index contributed by atoms with van der Waals surface area (Å²) in [6, 6.07) is 21.0. The van der Waals surface area contributed by atoms with Crippen LogP contribution in [0.4, 0.5) is 11.4 Å². The zero-order valence-corrected chi connectivity index (χ0v) is 16.4. The monoisotopic (exact) mass is 410 g/mol. The van der Waals surface area contributed by atoms with Gasteiger partial charge in [-0.2, -0.15) is 0 Å². The molecule has 2 N–H and O–H groups in total. The highest BCUT2D eigenvalue weighted by Gasteiger charge is 2.12. The summed E-state index contributed by atoms with van der Waals surface area (Å²) in [7, 11) is 0. The van der Waals surface area contributed by atoms with Crippen LogP contribution < -0.4 is 20.1 Å². The summed E-state index contributed by atoms with van der Waals surface area (Å²) in [5, 5.41) is 5.86. The highest BCUT2D eigenvalue weighted by Crippen LogP contribution is 2.32. The molecule has 0 aliphatic carbocycles. The Balaban J connectivity index is 1.68. The van der Waals surface area contributed by atoms with Crippen LogP contribution in [0.15, 0.2) is 72.8 Å². The molecule has 0 heterocycles. The van der Waals surface area contributed by atoms with E-state index in [9.17, 15) is 9.59 Å². The quantitative estimate of drug-likeness (QED) is 0.567. The summed E-state index contributed by atoms with van der Waals surface area (Å²) in [5.41, 5.74) is 0.911. The van der Waals surface area contributed by atoms with Gasteiger partial charge in [0.25, 0.3) is 5.91 Å². The summed E-state index contributed by atoms with van der Waals surface area (Å²) in [5.74, 6) is 0.845. The van der Waals surface area contributed by atoms with Crippen molar-refractivity contribution >= 4 is 34.8 Å². The number of hydrogen-bond donors (Lipinski definition) is 2. The molecule has 0 saturated heterocycles. The van der Waals surface area contributed by atoms with E-state index >= 15 is 0 Å². The fraction of sp³-hybridized carbons (Fsp3) is 0.0909. The number of para-hydroxylation sites is 3. The highest BCUT2D eigenvalue weighted by atomic mass is 35.5. The number of rotatable bonds is 7. The SMILES string of the molecule is CC(=O)Nc1ccccc1OCC(=O)Nc1cc(Cl)ccc1Oc1ccccc1. The molecule has 0 aliphatic heterocycles. The maximum absolute atomic E-state index is 12.4. The number of carbonyl (C=O) groups excluding carboxylic acids is 2. The van der Waals surface area contributed by atoms with Crippen LogP contribution in [0.2, 0.25) is 5.02 Å². The minimum Gasteiger partial charge on any atom is -0.482 e. The molecule has 0 aliphatic rings. The van der Waals surface area contributed by atoms with Gasteiger partial charge in [-0.3, -0.25) is 9.59 Å². The van der Waals surface area contributed by atoms with E-state index < -0.39 is 5.91 Å². The third-order valence-electron chi connectivity index (χ3n) is 3.74. The average Bonchev–Trinajstić information content (AvgIpc) is 2.70. The predicted octanol–water partition coefficient (Wildman–Crippen LogP) is 5.11. The van der Waals surface area contributed by atoms with E-state index in [4.69, 9.17) is 21.1 Å². The Hall–Kier alpha value is -3.51. The van der Waals surface area contributed by atoms with Crippen LogP contribution in [0.3, 0.4) is 0 Å². The molecule has 0 saturated carbocycles. The molecule has 148 valence electrons. The minimum absolute atomic E-state index is 0.230. The molecule has 3 rings (SSSR count). The van der Waals surface area contributed by atoms with Crippen molar-refractivity contribution in [1.29, 1.82) is 0 Å². The molecule has 0 fully saturated rings. The van der Waals surface area contributed by atoms with E-state index in [0.717, 1.165) is 0 Å². The number of nitrogens with one attached hydrogen (secondary N) is 2. The molecule has 0 radical (unpaired) electrons. The largest absolute Gasteiger partial charge is 0.482 e. The molecule has 7 heteroatoms. The molecule has 0 atom stereocenters. The lowest BCUT2D eigenvalue weighted by molar-refractivity contribution is -0.118. The van der Waals surface area contributed by atoms with Crippen LogP contribution >= 0.6 is 11.6 Å². The highest BCUT2D eigenvalue weighted by molar-refractivity contribution is 6.31. The van der Waals surface area contributed by atoms with E-state index in [-0.39, 0.29) is 12.5 Å². The first-order chi connectivity index (χ1) is 14.0. The van der Waals surface area contributed by atoms with Gasteiger partial charge in [-0.1, -0.05) is 41.9 Å². The molecule has 29 heavy (non-hydrogen) atoms. The van der Waals surface area contributed by atoms with E-state index in [2.05, 4.69) is 10.6 Å². The van der Waals surface area contributed by atoms with Gasteiger partial charge in [-0.15, -0.1) is 0 Å². The number of anilines is 2. The Labute approximate surface area is 173 Å². The van der Waals surface area contributed by atoms with Crippen LogP contribution in [0, 0.1) is 0 Å². The Morgan fingerprint density at radius 2 is 1.59 bits per heavy atom. The van der Waals surface area contributed by atoms with Crippen molar-refractivity contribution in [3.63, 3.8) is 0 Å². The van der Waals surface area contributed by atoms with Crippen LogP contribution in [0.1, 0.15) is 6.92 Å². The standard InChI is InChI=1S/C22H19ClN2O4/c1-15(26)24-18-9-5-6-10-20(18)28-14-22(27)25-19-13-16(23)11-12-21(19)29-17-7-3-2-4-8-17/h2-13H,14H2,1H3,(H,24,26)(H,25,27). The number of benzene rings is 3. The number of ether oxygens (including phenoxy) is 2. The Morgan fingerprint density at radius 3 is 2.34 bits per heavy atom. The van der Waals surface area contributed by atoms with Crippen molar-refractivity contribution in [3.8, 4) is 17.2 Å². The van der Waals surface area contributed by atoms with Gasteiger partial charge in [-0.05, 0) is 42.5 Å². The first-order valence-corrected chi connectivity index (χ1v) is 9.21. The van der Waals surface area contributed by atoms with Crippen molar-refractivity contribution in [3.05, 3.63) is 77.8 Å². The Morgan fingerprint density at radius 1 is 0.862 bits per heavy atom. The van der Waals surface area contributed by atoms with Crippen LogP contribution in [-0.4, -0.2) is 18.4 Å². The van der Waals surface area contributed by atoms with Gasteiger partial charge in [0.2, 0.25) is 5.91 Å². The zero-order valence-electron chi connectivity index (χ0n) is 15.6. The van der Waals surface area contributed by atoms with Crippen LogP contribution in [0.25, 0.3) is 0 Å². The minimum atomic E-state index is -0.400. The van der Waals surface area contributed by atoms with Crippen molar-refractivity contribution in [2.24, 2.45) is 0 Å². The zero-order chi connectivity index (χ0) is 20.6. The number of carbonyl (C=O) groups is 2. The smallest absolute Gasteiger partial charge is 0.262 e. The fourth-order valence-corrected chi connectivity index (χ4v) is 2.69. The molecule has 2 amide bonds. The van der Waals surface area contributed by atoms with Crippen molar-refractivity contribution < 1.29 is 19.1 Å². The molecule has 0 spiro atoms. The molecule has 6 nitrogen and oxygen atoms in total. The summed E-state index contributed by atoms with van der Waals surface area (Å²) < 4.78 is 11.4. The van der Waals surface area contributed by atoms with Gasteiger partial charge >= 0.3 is 0 Å². The van der Waals surface area contributed by atoms with Crippen molar-refractivity contribution in [1.82, 2.24) is 0 Å². The van der Waals surface area contributed by atoms with Crippen molar-refractivity contribution in [2.75, 3.05) is 17.2 Å². The molecule has 0 aromatic heterocycles. The topological polar surface area (TPSA) is 76.7 Å². The first kappa shape index (κ1) is 20.2. The third-order valence-corrected chi connectivity index (χ3v) is 3.98. The van der Waals surface area contributed by atoms with Gasteiger partial charge in [0.1, 0.15) is 11.5 Å². The fourth-order valence-electron chi connectivity index (χ4n) is 2.52. The van der Waals surface area contributed by atoms with Crippen LogP contribution in [0.5, 0.6) is 17.2 Å². The predicted molar refractivity (Wildman–Crippen MR) is 113 cm³/mol. The summed E-state index contributed by atoms with van der Waals surface area (Å²) in [4.78, 5) is 23.7. The van der Waals surface area contributed by atoms with Crippen molar-refractivity contribution in [2.45, 2.75) is 6.92 Å². The molecular formula is C22H19ClN2O4. The molecule has 0 bridgehead atoms. The molecule has 0 unspecified atom stereocenters. The van der Waals surface area contributed by atoms with E-state index in [0.29, 0.717) is 33.6 Å². The molecular weight excluding hydrogens is 392 g/mol. The Bertz CT molecular complexity index is 1010. The lowest BCUT2D eigenvalue weighted by atomic mass is 10.2. The summed E-state index contributed by atoms with van der Waals surface area (Å²) in [6.45, 7) is 1.14. The lowest BCUT2D eigenvalue weighted by Crippen LogP contribution is -2.21. The van der Waals surface area contributed by atoms with E-state index in [1.807, 2.05) is 30.3 Å². The summed E-state index contributed by atoms with van der Waals surface area (Å²) >= 11 is 6.07. The number of halogens is 1. The Kier molecular flexibility index (Phi) is 6.71. The molecule has 3 aromatic carbocycles. The van der Waals surface area contributed by atoms with E-state index in [1.165, 1.54) is 6.92 Å². The number of hydrogen-bond acceptors (Lipinski definition) is 4. The average molecular weight is 411 g/mol. The lowest BCUT2D eigenvalue weighted by Gasteiger charge is -2.14.